The van der Waals surface area contributed by atoms with E-state index in [0.717, 1.165) is 6.07 Å². The van der Waals surface area contributed by atoms with Crippen molar-refractivity contribution < 1.29 is 19.0 Å². The van der Waals surface area contributed by atoms with Gasteiger partial charge in [-0.2, -0.15) is 0 Å². The SMILES string of the molecule is COCC(O)CCNC(=O)c1cc(N)c(F)cc1Br. The number of aliphatic hydroxyl groups excluding tert-OH is 1. The van der Waals surface area contributed by atoms with Gasteiger partial charge in [-0.1, -0.05) is 0 Å². The van der Waals surface area contributed by atoms with Crippen molar-refractivity contribution in [2.24, 2.45) is 0 Å². The Kier molecular flexibility index (Phi) is 6.20. The average Bonchev–Trinajstić information content (AvgIpc) is 2.34. The lowest BCUT2D eigenvalue weighted by Gasteiger charge is -2.11. The molecule has 0 radical (unpaired) electrons. The largest absolute Gasteiger partial charge is 0.396 e. The first-order valence-corrected chi connectivity index (χ1v) is 6.44. The third kappa shape index (κ3) is 4.77. The number of carbonyl (C=O) groups is 1. The summed E-state index contributed by atoms with van der Waals surface area (Å²) < 4.78 is 18.2. The highest BCUT2D eigenvalue weighted by Gasteiger charge is 2.13. The summed E-state index contributed by atoms with van der Waals surface area (Å²) in [4.78, 5) is 11.8. The van der Waals surface area contributed by atoms with Crippen molar-refractivity contribution in [2.45, 2.75) is 12.5 Å². The quantitative estimate of drug-likeness (QED) is 0.684. The van der Waals surface area contributed by atoms with Crippen LogP contribution in [0, 0.1) is 5.82 Å². The minimum atomic E-state index is -0.632. The zero-order valence-electron chi connectivity index (χ0n) is 10.5. The van der Waals surface area contributed by atoms with E-state index >= 15 is 0 Å². The molecule has 1 aromatic rings. The highest BCUT2D eigenvalue weighted by molar-refractivity contribution is 9.10. The molecule has 7 heteroatoms. The molecular weight excluding hydrogens is 319 g/mol. The highest BCUT2D eigenvalue weighted by Crippen LogP contribution is 2.22. The number of anilines is 1. The number of ether oxygens (including phenoxy) is 1. The Bertz CT molecular complexity index is 457. The van der Waals surface area contributed by atoms with Crippen LogP contribution in [0.4, 0.5) is 10.1 Å². The monoisotopic (exact) mass is 334 g/mol. The van der Waals surface area contributed by atoms with E-state index in [4.69, 9.17) is 10.5 Å². The molecule has 0 saturated heterocycles. The number of aliphatic hydroxyl groups is 1. The summed E-state index contributed by atoms with van der Waals surface area (Å²) in [6, 6.07) is 2.41. The molecule has 4 N–H and O–H groups in total. The molecular formula is C12H16BrFN2O3. The van der Waals surface area contributed by atoms with Gasteiger partial charge in [-0.25, -0.2) is 4.39 Å². The number of hydrogen-bond acceptors (Lipinski definition) is 4. The Labute approximate surface area is 119 Å². The molecule has 1 rings (SSSR count). The Morgan fingerprint density at radius 1 is 1.63 bits per heavy atom. The van der Waals surface area contributed by atoms with Crippen LogP contribution in [0.25, 0.3) is 0 Å². The van der Waals surface area contributed by atoms with Crippen LogP contribution in [0.5, 0.6) is 0 Å². The summed E-state index contributed by atoms with van der Waals surface area (Å²) >= 11 is 3.10. The maximum Gasteiger partial charge on any atom is 0.252 e. The lowest BCUT2D eigenvalue weighted by molar-refractivity contribution is 0.0587. The maximum atomic E-state index is 13.1. The number of benzene rings is 1. The van der Waals surface area contributed by atoms with Crippen molar-refractivity contribution in [3.05, 3.63) is 28.0 Å². The predicted molar refractivity (Wildman–Crippen MR) is 73.3 cm³/mol. The maximum absolute atomic E-state index is 13.1. The lowest BCUT2D eigenvalue weighted by Crippen LogP contribution is -2.28. The molecule has 0 bridgehead atoms. The lowest BCUT2D eigenvalue weighted by atomic mass is 10.1. The summed E-state index contributed by atoms with van der Waals surface area (Å²) in [6.07, 6.45) is -0.263. The number of nitrogens with one attached hydrogen (secondary N) is 1. The zero-order valence-corrected chi connectivity index (χ0v) is 12.0. The number of amides is 1. The fourth-order valence-corrected chi connectivity index (χ4v) is 1.96. The van der Waals surface area contributed by atoms with Crippen molar-refractivity contribution in [2.75, 3.05) is 26.0 Å². The number of hydrogen-bond donors (Lipinski definition) is 3. The third-order valence-electron chi connectivity index (χ3n) is 2.45. The number of methoxy groups -OCH3 is 1. The smallest absolute Gasteiger partial charge is 0.252 e. The molecule has 0 spiro atoms. The van der Waals surface area contributed by atoms with Gasteiger partial charge < -0.3 is 20.9 Å². The van der Waals surface area contributed by atoms with E-state index < -0.39 is 11.9 Å². The Morgan fingerprint density at radius 3 is 2.95 bits per heavy atom. The van der Waals surface area contributed by atoms with Gasteiger partial charge in [-0.15, -0.1) is 0 Å². The second-order valence-corrected chi connectivity index (χ2v) is 4.86. The molecule has 0 aliphatic carbocycles. The first kappa shape index (κ1) is 15.9. The van der Waals surface area contributed by atoms with E-state index in [9.17, 15) is 14.3 Å². The molecule has 19 heavy (non-hydrogen) atoms. The van der Waals surface area contributed by atoms with E-state index in [1.54, 1.807) is 0 Å². The van der Waals surface area contributed by atoms with Crippen molar-refractivity contribution in [1.82, 2.24) is 5.32 Å². The molecule has 0 fully saturated rings. The van der Waals surface area contributed by atoms with Crippen molar-refractivity contribution >= 4 is 27.5 Å². The van der Waals surface area contributed by atoms with Gasteiger partial charge in [0.25, 0.3) is 5.91 Å². The molecule has 0 saturated carbocycles. The molecule has 1 unspecified atom stereocenters. The molecule has 1 amide bonds. The van der Waals surface area contributed by atoms with Gasteiger partial charge in [-0.3, -0.25) is 4.79 Å². The fraction of sp³-hybridized carbons (Fsp3) is 0.417. The topological polar surface area (TPSA) is 84.6 Å². The summed E-state index contributed by atoms with van der Waals surface area (Å²) in [5.41, 5.74) is 5.57. The minimum Gasteiger partial charge on any atom is -0.396 e. The summed E-state index contributed by atoms with van der Waals surface area (Å²) in [5, 5.41) is 12.0. The number of carbonyl (C=O) groups excluding carboxylic acids is 1. The molecule has 0 aliphatic heterocycles. The first-order valence-electron chi connectivity index (χ1n) is 5.65. The third-order valence-corrected chi connectivity index (χ3v) is 3.11. The molecule has 106 valence electrons. The predicted octanol–water partition coefficient (Wildman–Crippen LogP) is 1.30. The highest BCUT2D eigenvalue weighted by atomic mass is 79.9. The van der Waals surface area contributed by atoms with Gasteiger partial charge in [0.1, 0.15) is 5.82 Å². The van der Waals surface area contributed by atoms with Gasteiger partial charge in [0.2, 0.25) is 0 Å². The number of nitrogen functional groups attached to an aromatic ring is 1. The van der Waals surface area contributed by atoms with E-state index in [0.29, 0.717) is 10.9 Å². The van der Waals surface area contributed by atoms with Crippen LogP contribution in [0.2, 0.25) is 0 Å². The van der Waals surface area contributed by atoms with Gasteiger partial charge in [0.05, 0.1) is 24.0 Å². The molecule has 0 aromatic heterocycles. The molecule has 5 nitrogen and oxygen atoms in total. The Morgan fingerprint density at radius 2 is 2.32 bits per heavy atom. The Balaban J connectivity index is 2.57. The van der Waals surface area contributed by atoms with Crippen LogP contribution >= 0.6 is 15.9 Å². The minimum absolute atomic E-state index is 0.0900. The van der Waals surface area contributed by atoms with Gasteiger partial charge in [0.15, 0.2) is 0 Å². The van der Waals surface area contributed by atoms with Gasteiger partial charge >= 0.3 is 0 Å². The summed E-state index contributed by atoms with van der Waals surface area (Å²) in [6.45, 7) is 0.496. The first-order chi connectivity index (χ1) is 8.95. The average molecular weight is 335 g/mol. The normalized spacial score (nSPS) is 12.2. The van der Waals surface area contributed by atoms with Gasteiger partial charge in [0, 0.05) is 18.1 Å². The van der Waals surface area contributed by atoms with Crippen molar-refractivity contribution in [3.63, 3.8) is 0 Å². The summed E-state index contributed by atoms with van der Waals surface area (Å²) in [5.74, 6) is -0.970. The molecule has 0 aliphatic rings. The molecule has 1 atom stereocenters. The van der Waals surface area contributed by atoms with Crippen molar-refractivity contribution in [1.29, 1.82) is 0 Å². The van der Waals surface area contributed by atoms with Crippen LogP contribution in [-0.2, 0) is 4.74 Å². The number of rotatable bonds is 6. The fourth-order valence-electron chi connectivity index (χ4n) is 1.46. The second kappa shape index (κ2) is 7.42. The standard InChI is InChI=1S/C12H16BrFN2O3/c1-19-6-7(17)2-3-16-12(18)8-4-11(15)10(14)5-9(8)13/h4-5,7,17H,2-3,6,15H2,1H3,(H,16,18). The van der Waals surface area contributed by atoms with Crippen LogP contribution in [0.15, 0.2) is 16.6 Å². The number of nitrogens with two attached hydrogens (primary N) is 1. The Hall–Kier alpha value is -1.18. The van der Waals surface area contributed by atoms with Crippen LogP contribution in [0.1, 0.15) is 16.8 Å². The summed E-state index contributed by atoms with van der Waals surface area (Å²) in [7, 11) is 1.49. The van der Waals surface area contributed by atoms with Gasteiger partial charge in [-0.05, 0) is 34.5 Å². The van der Waals surface area contributed by atoms with Crippen LogP contribution in [0.3, 0.4) is 0 Å². The zero-order chi connectivity index (χ0) is 14.4. The van der Waals surface area contributed by atoms with E-state index in [1.807, 2.05) is 0 Å². The molecule has 0 heterocycles. The van der Waals surface area contributed by atoms with E-state index in [1.165, 1.54) is 13.2 Å². The van der Waals surface area contributed by atoms with Crippen molar-refractivity contribution in [3.8, 4) is 0 Å². The number of halogens is 2. The second-order valence-electron chi connectivity index (χ2n) is 4.01. The van der Waals surface area contributed by atoms with Crippen LogP contribution in [-0.4, -0.2) is 37.4 Å². The molecule has 1 aromatic carbocycles. The van der Waals surface area contributed by atoms with E-state index in [2.05, 4.69) is 21.2 Å². The van der Waals surface area contributed by atoms with Crippen LogP contribution < -0.4 is 11.1 Å². The van der Waals surface area contributed by atoms with E-state index in [-0.39, 0.29) is 30.3 Å².